The third-order valence-corrected chi connectivity index (χ3v) is 0.189. The van der Waals surface area contributed by atoms with Crippen LogP contribution in [0.2, 0.25) is 0 Å². The minimum Gasteiger partial charge on any atom is -0.174 e. The van der Waals surface area contributed by atoms with E-state index in [1.54, 1.807) is 0 Å². The predicted molar refractivity (Wildman–Crippen MR) is 30.3 cm³/mol. The van der Waals surface area contributed by atoms with Gasteiger partial charge in [-0.1, -0.05) is 6.58 Å². The molecule has 0 fully saturated rings. The Balaban J connectivity index is 0. The molecule has 0 saturated carbocycles. The standard InChI is InChI=1S/C2H2F2.C2H3FS/c1-2(3)4;1-2-4-3/h1H2;2H,1H2. The van der Waals surface area contributed by atoms with Crippen LogP contribution in [0.4, 0.5) is 12.7 Å². The fraction of sp³-hybridized carbons (Fsp3) is 0. The van der Waals surface area contributed by atoms with Gasteiger partial charge in [-0.3, -0.25) is 0 Å². The van der Waals surface area contributed by atoms with E-state index in [4.69, 9.17) is 0 Å². The molecule has 48 valence electrons. The molecule has 0 radical (unpaired) electrons. The Morgan fingerprint density at radius 1 is 1.50 bits per heavy atom. The van der Waals surface area contributed by atoms with Crippen molar-refractivity contribution < 1.29 is 12.7 Å². The van der Waals surface area contributed by atoms with Crippen LogP contribution in [0, 0.1) is 0 Å². The van der Waals surface area contributed by atoms with Gasteiger partial charge in [-0.2, -0.15) is 12.7 Å². The van der Waals surface area contributed by atoms with Gasteiger partial charge in [0.1, 0.15) is 0 Å². The van der Waals surface area contributed by atoms with Gasteiger partial charge in [0.25, 0.3) is 6.08 Å². The van der Waals surface area contributed by atoms with E-state index < -0.39 is 6.08 Å². The van der Waals surface area contributed by atoms with Crippen LogP contribution in [0.1, 0.15) is 0 Å². The third-order valence-electron chi connectivity index (χ3n) is 0.0630. The van der Waals surface area contributed by atoms with E-state index in [1.165, 1.54) is 0 Å². The van der Waals surface area contributed by atoms with Crippen molar-refractivity contribution >= 4 is 12.1 Å². The molecule has 0 bridgehead atoms. The van der Waals surface area contributed by atoms with Crippen molar-refractivity contribution in [3.63, 3.8) is 0 Å². The maximum absolute atomic E-state index is 10.5. The van der Waals surface area contributed by atoms with Crippen molar-refractivity contribution in [3.8, 4) is 0 Å². The van der Waals surface area contributed by atoms with Crippen LogP contribution in [0.15, 0.2) is 24.6 Å². The lowest BCUT2D eigenvalue weighted by atomic mass is 11.2. The topological polar surface area (TPSA) is 0 Å². The lowest BCUT2D eigenvalue weighted by molar-refractivity contribution is 0.426. The summed E-state index contributed by atoms with van der Waals surface area (Å²) in [5.41, 5.74) is 0. The van der Waals surface area contributed by atoms with E-state index >= 15 is 0 Å². The molecule has 0 aromatic rings. The molecule has 0 nitrogen and oxygen atoms in total. The molecule has 0 aliphatic carbocycles. The Bertz CT molecular complexity index is 67.7. The van der Waals surface area contributed by atoms with Crippen molar-refractivity contribution in [1.82, 2.24) is 0 Å². The van der Waals surface area contributed by atoms with E-state index in [0.29, 0.717) is 0 Å². The largest absolute Gasteiger partial charge is 0.263 e. The third kappa shape index (κ3) is 312. The fourth-order valence-corrected chi connectivity index (χ4v) is 0. The van der Waals surface area contributed by atoms with Crippen molar-refractivity contribution in [2.45, 2.75) is 0 Å². The van der Waals surface area contributed by atoms with Crippen LogP contribution >= 0.6 is 12.1 Å². The molecule has 0 aliphatic rings. The van der Waals surface area contributed by atoms with Gasteiger partial charge < -0.3 is 0 Å². The second-order valence-electron chi connectivity index (χ2n) is 0.594. The van der Waals surface area contributed by atoms with Crippen LogP contribution in [-0.2, 0) is 0 Å². The molecule has 0 spiro atoms. The van der Waals surface area contributed by atoms with Gasteiger partial charge in [-0.05, 0) is 12.0 Å². The molecule has 0 aromatic heterocycles. The molecule has 8 heavy (non-hydrogen) atoms. The molecule has 0 rings (SSSR count). The molecule has 0 atom stereocenters. The van der Waals surface area contributed by atoms with Gasteiger partial charge in [0, 0.05) is 0 Å². The SMILES string of the molecule is C=C(F)F.C=CSF. The minimum atomic E-state index is -1.83. The molecular formula is C4H5F3S. The Hall–Kier alpha value is -0.380. The molecule has 0 heterocycles. The average molecular weight is 142 g/mol. The summed E-state index contributed by atoms with van der Waals surface area (Å²) in [6.07, 6.45) is -1.83. The second-order valence-corrected chi connectivity index (χ2v) is 1.11. The number of hydrogen-bond acceptors (Lipinski definition) is 1. The van der Waals surface area contributed by atoms with E-state index in [1.807, 2.05) is 0 Å². The normalized spacial score (nSPS) is 6.38. The molecule has 0 aliphatic heterocycles. The summed E-state index contributed by atoms with van der Waals surface area (Å²) in [6, 6.07) is 0. The summed E-state index contributed by atoms with van der Waals surface area (Å²) in [7, 11) is 0. The quantitative estimate of drug-likeness (QED) is 0.542. The van der Waals surface area contributed by atoms with Crippen LogP contribution < -0.4 is 0 Å². The van der Waals surface area contributed by atoms with Crippen molar-refractivity contribution in [2.75, 3.05) is 0 Å². The Morgan fingerprint density at radius 3 is 1.62 bits per heavy atom. The first-order chi connectivity index (χ1) is 3.65. The van der Waals surface area contributed by atoms with E-state index in [-0.39, 0.29) is 12.1 Å². The summed E-state index contributed by atoms with van der Waals surface area (Å²) >= 11 is 0.120. The molecule has 0 N–H and O–H groups in total. The summed E-state index contributed by atoms with van der Waals surface area (Å²) in [6.45, 7) is 5.29. The molecule has 0 unspecified atom stereocenters. The fourth-order valence-electron chi connectivity index (χ4n) is 0. The lowest BCUT2D eigenvalue weighted by Gasteiger charge is -1.54. The van der Waals surface area contributed by atoms with Gasteiger partial charge in [-0.15, -0.1) is 0 Å². The molecule has 0 amide bonds. The molecule has 4 heteroatoms. The van der Waals surface area contributed by atoms with Gasteiger partial charge >= 0.3 is 0 Å². The Labute approximate surface area is 50.4 Å². The maximum atomic E-state index is 10.5. The Kier molecular flexibility index (Phi) is 12.9. The molecule has 0 aromatic carbocycles. The summed E-state index contributed by atoms with van der Waals surface area (Å²) in [4.78, 5) is 0. The second kappa shape index (κ2) is 9.80. The highest BCUT2D eigenvalue weighted by atomic mass is 32.2. The van der Waals surface area contributed by atoms with Crippen LogP contribution in [-0.4, -0.2) is 0 Å². The van der Waals surface area contributed by atoms with Crippen molar-refractivity contribution in [1.29, 1.82) is 0 Å². The summed E-state index contributed by atoms with van der Waals surface area (Å²) < 4.78 is 30.8. The van der Waals surface area contributed by atoms with Gasteiger partial charge in [0.15, 0.2) is 0 Å². The van der Waals surface area contributed by atoms with E-state index in [2.05, 4.69) is 13.2 Å². The number of halogens is 3. The van der Waals surface area contributed by atoms with Crippen LogP contribution in [0.25, 0.3) is 0 Å². The highest BCUT2D eigenvalue weighted by molar-refractivity contribution is 7.97. The zero-order valence-corrected chi connectivity index (χ0v) is 4.85. The maximum Gasteiger partial charge on any atom is 0.263 e. The Morgan fingerprint density at radius 2 is 1.62 bits per heavy atom. The number of rotatable bonds is 1. The number of hydrogen-bond donors (Lipinski definition) is 0. The van der Waals surface area contributed by atoms with Crippen molar-refractivity contribution in [3.05, 3.63) is 24.6 Å². The van der Waals surface area contributed by atoms with Crippen molar-refractivity contribution in [2.24, 2.45) is 0 Å². The molecular weight excluding hydrogens is 137 g/mol. The highest BCUT2D eigenvalue weighted by Gasteiger charge is 1.65. The predicted octanol–water partition coefficient (Wildman–Crippen LogP) is 3.14. The summed E-state index contributed by atoms with van der Waals surface area (Å²) in [5.74, 6) is 0. The lowest BCUT2D eigenvalue weighted by Crippen LogP contribution is -1.33. The zero-order chi connectivity index (χ0) is 6.99. The first kappa shape index (κ1) is 10.6. The monoisotopic (exact) mass is 142 g/mol. The minimum absolute atomic E-state index is 0.120. The first-order valence-corrected chi connectivity index (χ1v) is 2.31. The van der Waals surface area contributed by atoms with Gasteiger partial charge in [0.05, 0.1) is 12.1 Å². The van der Waals surface area contributed by atoms with E-state index in [9.17, 15) is 12.7 Å². The van der Waals surface area contributed by atoms with Crippen LogP contribution in [0.5, 0.6) is 0 Å². The van der Waals surface area contributed by atoms with Gasteiger partial charge in [0.2, 0.25) is 0 Å². The summed E-state index contributed by atoms with van der Waals surface area (Å²) in [5, 5.41) is 1.12. The van der Waals surface area contributed by atoms with Crippen LogP contribution in [0.3, 0.4) is 0 Å². The average Bonchev–Trinajstić information content (AvgIpc) is 1.65. The highest BCUT2D eigenvalue weighted by Crippen LogP contribution is 1.96. The van der Waals surface area contributed by atoms with Gasteiger partial charge in [-0.25, -0.2) is 0 Å². The zero-order valence-electron chi connectivity index (χ0n) is 4.03. The first-order valence-electron chi connectivity index (χ1n) is 1.53. The van der Waals surface area contributed by atoms with E-state index in [0.717, 1.165) is 5.41 Å². The molecule has 0 saturated heterocycles. The smallest absolute Gasteiger partial charge is 0.174 e.